The average molecular weight is 291 g/mol. The minimum atomic E-state index is -0.311. The van der Waals surface area contributed by atoms with Crippen LogP contribution in [0.5, 0.6) is 0 Å². The molecule has 0 bridgehead atoms. The molecule has 3 N–H and O–H groups in total. The topological polar surface area (TPSA) is 93.8 Å². The van der Waals surface area contributed by atoms with Crippen LogP contribution in [0.4, 0.5) is 5.69 Å². The standard InChI is InChI=1S/C13H17N5OS/c1-7(2)11-16-6-9(14)10(18-11)12(19)17-8(3)13-15-4-5-20-13/h4-8H,14H2,1-3H3,(H,17,19). The third-order valence-electron chi connectivity index (χ3n) is 2.74. The Balaban J connectivity index is 2.18. The summed E-state index contributed by atoms with van der Waals surface area (Å²) in [6, 6.07) is -0.181. The van der Waals surface area contributed by atoms with E-state index in [2.05, 4.69) is 20.3 Å². The van der Waals surface area contributed by atoms with E-state index < -0.39 is 0 Å². The highest BCUT2D eigenvalue weighted by atomic mass is 32.1. The molecular weight excluding hydrogens is 274 g/mol. The number of amides is 1. The summed E-state index contributed by atoms with van der Waals surface area (Å²) < 4.78 is 0. The van der Waals surface area contributed by atoms with Crippen molar-refractivity contribution in [2.24, 2.45) is 0 Å². The number of nitrogens with zero attached hydrogens (tertiary/aromatic N) is 3. The van der Waals surface area contributed by atoms with Crippen molar-refractivity contribution < 1.29 is 4.79 Å². The van der Waals surface area contributed by atoms with Crippen molar-refractivity contribution in [1.29, 1.82) is 0 Å². The van der Waals surface area contributed by atoms with Crippen molar-refractivity contribution in [1.82, 2.24) is 20.3 Å². The Bertz CT molecular complexity index is 597. The zero-order valence-electron chi connectivity index (χ0n) is 11.6. The minimum absolute atomic E-state index is 0.138. The third-order valence-corrected chi connectivity index (χ3v) is 3.69. The monoisotopic (exact) mass is 291 g/mol. The van der Waals surface area contributed by atoms with Gasteiger partial charge in [0.2, 0.25) is 0 Å². The molecule has 0 fully saturated rings. The summed E-state index contributed by atoms with van der Waals surface area (Å²) in [6.45, 7) is 5.80. The number of carbonyl (C=O) groups is 1. The van der Waals surface area contributed by atoms with E-state index in [1.807, 2.05) is 26.2 Å². The van der Waals surface area contributed by atoms with Gasteiger partial charge in [-0.15, -0.1) is 11.3 Å². The maximum absolute atomic E-state index is 12.2. The molecule has 6 nitrogen and oxygen atoms in total. The molecule has 1 unspecified atom stereocenters. The lowest BCUT2D eigenvalue weighted by molar-refractivity contribution is 0.0935. The van der Waals surface area contributed by atoms with Gasteiger partial charge in [-0.3, -0.25) is 4.79 Å². The molecule has 2 aromatic rings. The van der Waals surface area contributed by atoms with Crippen LogP contribution in [0.2, 0.25) is 0 Å². The summed E-state index contributed by atoms with van der Waals surface area (Å²) in [5.74, 6) is 0.430. The Kier molecular flexibility index (Phi) is 4.29. The fraction of sp³-hybridized carbons (Fsp3) is 0.385. The molecule has 106 valence electrons. The number of thiazole rings is 1. The first-order valence-electron chi connectivity index (χ1n) is 6.31. The maximum Gasteiger partial charge on any atom is 0.272 e. The predicted octanol–water partition coefficient (Wildman–Crippen LogP) is 2.13. The molecule has 7 heteroatoms. The molecule has 2 heterocycles. The number of nitrogen functional groups attached to an aromatic ring is 1. The van der Waals surface area contributed by atoms with E-state index in [4.69, 9.17) is 5.73 Å². The molecular formula is C13H17N5OS. The van der Waals surface area contributed by atoms with Crippen molar-refractivity contribution in [2.45, 2.75) is 32.7 Å². The fourth-order valence-electron chi connectivity index (χ4n) is 1.64. The number of rotatable bonds is 4. The zero-order chi connectivity index (χ0) is 14.7. The van der Waals surface area contributed by atoms with Gasteiger partial charge in [-0.1, -0.05) is 13.8 Å². The first-order valence-corrected chi connectivity index (χ1v) is 7.19. The molecule has 0 aliphatic heterocycles. The van der Waals surface area contributed by atoms with Gasteiger partial charge in [0.25, 0.3) is 5.91 Å². The molecule has 0 saturated heterocycles. The minimum Gasteiger partial charge on any atom is -0.396 e. The highest BCUT2D eigenvalue weighted by molar-refractivity contribution is 7.09. The second-order valence-corrected chi connectivity index (χ2v) is 5.68. The molecule has 2 aromatic heterocycles. The SMILES string of the molecule is CC(C)c1ncc(N)c(C(=O)NC(C)c2nccs2)n1. The lowest BCUT2D eigenvalue weighted by Crippen LogP contribution is -2.28. The third kappa shape index (κ3) is 3.11. The summed E-state index contributed by atoms with van der Waals surface area (Å²) in [4.78, 5) is 24.8. The molecule has 0 spiro atoms. The van der Waals surface area contributed by atoms with Gasteiger partial charge in [0.1, 0.15) is 10.8 Å². The first kappa shape index (κ1) is 14.4. The van der Waals surface area contributed by atoms with Gasteiger partial charge < -0.3 is 11.1 Å². The van der Waals surface area contributed by atoms with E-state index >= 15 is 0 Å². The first-order chi connectivity index (χ1) is 9.49. The Morgan fingerprint density at radius 2 is 2.10 bits per heavy atom. The largest absolute Gasteiger partial charge is 0.396 e. The van der Waals surface area contributed by atoms with E-state index in [0.717, 1.165) is 5.01 Å². The number of anilines is 1. The Morgan fingerprint density at radius 1 is 1.35 bits per heavy atom. The van der Waals surface area contributed by atoms with Gasteiger partial charge in [0.05, 0.1) is 17.9 Å². The van der Waals surface area contributed by atoms with E-state index in [9.17, 15) is 4.79 Å². The van der Waals surface area contributed by atoms with Crippen LogP contribution in [0.1, 0.15) is 54.1 Å². The fourth-order valence-corrected chi connectivity index (χ4v) is 2.29. The van der Waals surface area contributed by atoms with Crippen LogP contribution >= 0.6 is 11.3 Å². The maximum atomic E-state index is 12.2. The second kappa shape index (κ2) is 5.96. The molecule has 0 aliphatic rings. The molecule has 1 atom stereocenters. The van der Waals surface area contributed by atoms with Crippen LogP contribution in [-0.4, -0.2) is 20.9 Å². The van der Waals surface area contributed by atoms with Gasteiger partial charge in [0, 0.05) is 17.5 Å². The Labute approximate surface area is 121 Å². The lowest BCUT2D eigenvalue weighted by atomic mass is 10.2. The molecule has 0 radical (unpaired) electrons. The van der Waals surface area contributed by atoms with Crippen LogP contribution in [0.15, 0.2) is 17.8 Å². The van der Waals surface area contributed by atoms with Gasteiger partial charge >= 0.3 is 0 Å². The van der Waals surface area contributed by atoms with E-state index in [0.29, 0.717) is 5.82 Å². The van der Waals surface area contributed by atoms with Crippen LogP contribution in [0, 0.1) is 0 Å². The van der Waals surface area contributed by atoms with E-state index in [1.54, 1.807) is 6.20 Å². The van der Waals surface area contributed by atoms with Crippen molar-refractivity contribution in [2.75, 3.05) is 5.73 Å². The van der Waals surface area contributed by atoms with Crippen LogP contribution in [0.3, 0.4) is 0 Å². The summed E-state index contributed by atoms with van der Waals surface area (Å²) >= 11 is 1.49. The lowest BCUT2D eigenvalue weighted by Gasteiger charge is -2.13. The summed E-state index contributed by atoms with van der Waals surface area (Å²) in [7, 11) is 0. The average Bonchev–Trinajstić information content (AvgIpc) is 2.92. The zero-order valence-corrected chi connectivity index (χ0v) is 12.4. The van der Waals surface area contributed by atoms with Gasteiger partial charge in [-0.25, -0.2) is 15.0 Å². The van der Waals surface area contributed by atoms with E-state index in [-0.39, 0.29) is 29.2 Å². The van der Waals surface area contributed by atoms with Crippen molar-refractivity contribution in [3.05, 3.63) is 34.3 Å². The van der Waals surface area contributed by atoms with E-state index in [1.165, 1.54) is 17.5 Å². The number of aromatic nitrogens is 3. The Hall–Kier alpha value is -2.02. The second-order valence-electron chi connectivity index (χ2n) is 4.75. The summed E-state index contributed by atoms with van der Waals surface area (Å²) in [5.41, 5.74) is 6.28. The number of hydrogen-bond donors (Lipinski definition) is 2. The molecule has 0 aliphatic carbocycles. The predicted molar refractivity (Wildman–Crippen MR) is 78.5 cm³/mol. The van der Waals surface area contributed by atoms with Crippen LogP contribution in [-0.2, 0) is 0 Å². The smallest absolute Gasteiger partial charge is 0.272 e. The number of carbonyl (C=O) groups excluding carboxylic acids is 1. The van der Waals surface area contributed by atoms with Crippen molar-refractivity contribution >= 4 is 22.9 Å². The molecule has 1 amide bonds. The molecule has 0 aromatic carbocycles. The summed E-state index contributed by atoms with van der Waals surface area (Å²) in [6.07, 6.45) is 3.18. The van der Waals surface area contributed by atoms with Crippen molar-refractivity contribution in [3.63, 3.8) is 0 Å². The highest BCUT2D eigenvalue weighted by Gasteiger charge is 2.18. The van der Waals surface area contributed by atoms with Gasteiger partial charge in [-0.2, -0.15) is 0 Å². The molecule has 0 saturated carbocycles. The molecule has 2 rings (SSSR count). The number of nitrogens with one attached hydrogen (secondary N) is 1. The quantitative estimate of drug-likeness (QED) is 0.900. The van der Waals surface area contributed by atoms with Crippen molar-refractivity contribution in [3.8, 4) is 0 Å². The van der Waals surface area contributed by atoms with Crippen LogP contribution < -0.4 is 11.1 Å². The molecule has 20 heavy (non-hydrogen) atoms. The van der Waals surface area contributed by atoms with Gasteiger partial charge in [-0.05, 0) is 6.92 Å². The summed E-state index contributed by atoms with van der Waals surface area (Å²) in [5, 5.41) is 5.56. The number of hydrogen-bond acceptors (Lipinski definition) is 6. The number of nitrogens with two attached hydrogens (primary N) is 1. The van der Waals surface area contributed by atoms with Gasteiger partial charge in [0.15, 0.2) is 5.69 Å². The normalized spacial score (nSPS) is 12.4. The Morgan fingerprint density at radius 3 is 2.70 bits per heavy atom. The van der Waals surface area contributed by atoms with Crippen LogP contribution in [0.25, 0.3) is 0 Å². The highest BCUT2D eigenvalue weighted by Crippen LogP contribution is 2.17.